The molecule has 0 atom stereocenters. The lowest BCUT2D eigenvalue weighted by molar-refractivity contribution is 0.0764. The molecule has 0 aliphatic carbocycles. The zero-order chi connectivity index (χ0) is 22.5. The van der Waals surface area contributed by atoms with Crippen LogP contribution in [0, 0.1) is 0 Å². The van der Waals surface area contributed by atoms with Gasteiger partial charge in [-0.2, -0.15) is 0 Å². The molecule has 2 N–H and O–H groups in total. The van der Waals surface area contributed by atoms with Crippen LogP contribution in [0.1, 0.15) is 40.1 Å². The molecule has 0 bridgehead atoms. The minimum absolute atomic E-state index is 0.00457. The summed E-state index contributed by atoms with van der Waals surface area (Å²) in [4.78, 5) is 38.3. The highest BCUT2D eigenvalue weighted by Gasteiger charge is 2.37. The number of carbonyl (C=O) groups excluding carboxylic acids is 2. The second-order valence-electron chi connectivity index (χ2n) is 7.34. The number of H-pyrrole nitrogens is 1. The molecule has 1 aliphatic rings. The van der Waals surface area contributed by atoms with E-state index in [0.29, 0.717) is 0 Å². The van der Waals surface area contributed by atoms with Crippen molar-refractivity contribution in [1.29, 1.82) is 0 Å². The number of ether oxygens (including phenoxy) is 1. The van der Waals surface area contributed by atoms with E-state index in [0.717, 1.165) is 4.90 Å². The third-order valence-corrected chi connectivity index (χ3v) is 5.24. The minimum Gasteiger partial charge on any atom is -0.434 e. The van der Waals surface area contributed by atoms with Crippen molar-refractivity contribution in [3.63, 3.8) is 0 Å². The van der Waals surface area contributed by atoms with Crippen molar-refractivity contribution in [2.24, 2.45) is 0 Å². The Kier molecular flexibility index (Phi) is 5.09. The molecule has 0 saturated carbocycles. The van der Waals surface area contributed by atoms with Gasteiger partial charge in [-0.05, 0) is 38.1 Å². The average molecular weight is 460 g/mol. The normalized spacial score (nSPS) is 13.5. The first-order chi connectivity index (χ1) is 14.6. The molecule has 0 saturated heterocycles. The topological polar surface area (TPSA) is 113 Å². The first-order valence-electron chi connectivity index (χ1n) is 9.05. The molecule has 2 aromatic carbocycles. The second kappa shape index (κ2) is 7.49. The van der Waals surface area contributed by atoms with Crippen LogP contribution in [0.2, 0.25) is 10.0 Å². The van der Waals surface area contributed by atoms with Crippen molar-refractivity contribution in [2.75, 3.05) is 4.90 Å². The summed E-state index contributed by atoms with van der Waals surface area (Å²) in [6.07, 6.45) is 0. The molecule has 31 heavy (non-hydrogen) atoms. The maximum absolute atomic E-state index is 12.7. The molecular weight excluding hydrogens is 445 g/mol. The highest BCUT2D eigenvalue weighted by molar-refractivity contribution is 6.39. The van der Waals surface area contributed by atoms with Crippen molar-refractivity contribution in [1.82, 2.24) is 10.2 Å². The number of aromatic nitrogens is 2. The number of imide groups is 1. The Morgan fingerprint density at radius 2 is 1.55 bits per heavy atom. The highest BCUT2D eigenvalue weighted by atomic mass is 35.5. The van der Waals surface area contributed by atoms with E-state index < -0.39 is 23.0 Å². The quantitative estimate of drug-likeness (QED) is 0.572. The summed E-state index contributed by atoms with van der Waals surface area (Å²) >= 11 is 12.6. The number of hydrogen-bond acceptors (Lipinski definition) is 6. The molecule has 10 heteroatoms. The molecular formula is C21H15Cl2N3O5. The monoisotopic (exact) mass is 459 g/mol. The minimum atomic E-state index is -1.43. The van der Waals surface area contributed by atoms with Gasteiger partial charge in [-0.3, -0.25) is 14.4 Å². The highest BCUT2D eigenvalue weighted by Crippen LogP contribution is 2.41. The smallest absolute Gasteiger partial charge is 0.270 e. The second-order valence-corrected chi connectivity index (χ2v) is 8.15. The number of anilines is 1. The zero-order valence-electron chi connectivity index (χ0n) is 16.3. The summed E-state index contributed by atoms with van der Waals surface area (Å²) in [5, 5.41) is 16.2. The number of amides is 2. The van der Waals surface area contributed by atoms with Crippen molar-refractivity contribution in [3.05, 3.63) is 79.6 Å². The number of benzene rings is 2. The van der Waals surface area contributed by atoms with Crippen molar-refractivity contribution in [2.45, 2.75) is 19.4 Å². The molecule has 1 aliphatic heterocycles. The van der Waals surface area contributed by atoms with Crippen molar-refractivity contribution in [3.8, 4) is 11.6 Å². The molecule has 1 aromatic heterocycles. The maximum atomic E-state index is 12.7. The van der Waals surface area contributed by atoms with Gasteiger partial charge in [0.25, 0.3) is 17.4 Å². The third kappa shape index (κ3) is 3.69. The van der Waals surface area contributed by atoms with Crippen LogP contribution in [0.25, 0.3) is 0 Å². The Morgan fingerprint density at radius 1 is 1.00 bits per heavy atom. The van der Waals surface area contributed by atoms with Crippen LogP contribution >= 0.6 is 23.2 Å². The number of rotatable bonds is 4. The Hall–Kier alpha value is -3.20. The molecule has 0 fully saturated rings. The Balaban J connectivity index is 1.69. The van der Waals surface area contributed by atoms with Gasteiger partial charge < -0.3 is 9.84 Å². The lowest BCUT2D eigenvalue weighted by Crippen LogP contribution is -2.29. The van der Waals surface area contributed by atoms with E-state index in [1.807, 2.05) is 0 Å². The molecule has 0 spiro atoms. The number of fused-ring (bicyclic) bond motifs is 1. The maximum Gasteiger partial charge on any atom is 0.270 e. The average Bonchev–Trinajstić information content (AvgIpc) is 2.96. The number of aromatic amines is 1. The lowest BCUT2D eigenvalue weighted by Gasteiger charge is -2.18. The van der Waals surface area contributed by atoms with E-state index in [9.17, 15) is 19.5 Å². The van der Waals surface area contributed by atoms with Gasteiger partial charge in [0.05, 0.1) is 38.0 Å². The summed E-state index contributed by atoms with van der Waals surface area (Å²) in [7, 11) is 0. The van der Waals surface area contributed by atoms with Crippen LogP contribution < -0.4 is 15.2 Å². The van der Waals surface area contributed by atoms with Gasteiger partial charge in [-0.1, -0.05) is 35.3 Å². The van der Waals surface area contributed by atoms with Crippen molar-refractivity contribution >= 4 is 40.7 Å². The van der Waals surface area contributed by atoms with E-state index >= 15 is 0 Å². The molecule has 2 amide bonds. The van der Waals surface area contributed by atoms with Gasteiger partial charge in [0.15, 0.2) is 5.75 Å². The number of aliphatic hydroxyl groups is 1. The summed E-state index contributed by atoms with van der Waals surface area (Å²) in [5.74, 6) is -1.03. The Bertz CT molecular complexity index is 1240. The van der Waals surface area contributed by atoms with E-state index in [1.165, 1.54) is 32.0 Å². The number of nitrogens with zero attached hydrogens (tertiary/aromatic N) is 2. The van der Waals surface area contributed by atoms with Gasteiger partial charge in [-0.25, -0.2) is 10.00 Å². The van der Waals surface area contributed by atoms with Gasteiger partial charge >= 0.3 is 0 Å². The Morgan fingerprint density at radius 3 is 2.06 bits per heavy atom. The summed E-state index contributed by atoms with van der Waals surface area (Å²) < 4.78 is 5.62. The molecule has 0 radical (unpaired) electrons. The molecule has 0 unspecified atom stereocenters. The van der Waals surface area contributed by atoms with Gasteiger partial charge in [0, 0.05) is 6.07 Å². The number of halogens is 2. The fourth-order valence-corrected chi connectivity index (χ4v) is 3.75. The predicted octanol–water partition coefficient (Wildman–Crippen LogP) is 3.90. The molecule has 158 valence electrons. The summed E-state index contributed by atoms with van der Waals surface area (Å²) in [6, 6.07) is 10.5. The fraction of sp³-hybridized carbons (Fsp3) is 0.143. The first-order valence-corrected chi connectivity index (χ1v) is 9.81. The van der Waals surface area contributed by atoms with Gasteiger partial charge in [0.1, 0.15) is 0 Å². The number of nitrogens with one attached hydrogen (secondary N) is 1. The summed E-state index contributed by atoms with van der Waals surface area (Å²) in [6.45, 7) is 2.89. The SMILES string of the molecule is CC(C)(O)c1cc(Oc2c(Cl)cc(N3C(=O)c4ccccc4C3=O)cc2Cl)n[nH]c1=O. The number of hydrogen-bond donors (Lipinski definition) is 2. The van der Waals surface area contributed by atoms with E-state index in [1.54, 1.807) is 24.3 Å². The van der Waals surface area contributed by atoms with Crippen LogP contribution in [-0.2, 0) is 5.60 Å². The Labute approximate surface area is 186 Å². The zero-order valence-corrected chi connectivity index (χ0v) is 17.8. The van der Waals surface area contributed by atoms with Crippen LogP contribution in [0.5, 0.6) is 11.6 Å². The molecule has 4 rings (SSSR count). The van der Waals surface area contributed by atoms with Gasteiger partial charge in [-0.15, -0.1) is 5.10 Å². The molecule has 8 nitrogen and oxygen atoms in total. The largest absolute Gasteiger partial charge is 0.434 e. The van der Waals surface area contributed by atoms with Crippen molar-refractivity contribution < 1.29 is 19.4 Å². The van der Waals surface area contributed by atoms with Crippen LogP contribution in [0.4, 0.5) is 5.69 Å². The predicted molar refractivity (Wildman–Crippen MR) is 114 cm³/mol. The standard InChI is InChI=1S/C21H15Cl2N3O5/c1-21(2,30)13-9-16(24-25-18(13)27)31-17-14(22)7-10(8-15(17)23)26-19(28)11-5-3-4-6-12(11)20(26)29/h3-9,30H,1-2H3,(H,25,27). The van der Waals surface area contributed by atoms with Crippen LogP contribution in [-0.4, -0.2) is 27.1 Å². The summed E-state index contributed by atoms with van der Waals surface area (Å²) in [5.41, 5.74) is -1.21. The van der Waals surface area contributed by atoms with Crippen LogP contribution in [0.15, 0.2) is 47.3 Å². The van der Waals surface area contributed by atoms with Crippen LogP contribution in [0.3, 0.4) is 0 Å². The van der Waals surface area contributed by atoms with Gasteiger partial charge in [0.2, 0.25) is 5.88 Å². The molecule has 2 heterocycles. The first kappa shape index (κ1) is 21.0. The third-order valence-electron chi connectivity index (χ3n) is 4.68. The van der Waals surface area contributed by atoms with E-state index in [2.05, 4.69) is 10.2 Å². The lowest BCUT2D eigenvalue weighted by atomic mass is 10.0. The van der Waals surface area contributed by atoms with E-state index in [-0.39, 0.29) is 44.1 Å². The number of carbonyl (C=O) groups is 2. The molecule has 3 aromatic rings. The fourth-order valence-electron chi connectivity index (χ4n) is 3.20. The van der Waals surface area contributed by atoms with E-state index in [4.69, 9.17) is 27.9 Å².